The van der Waals surface area contributed by atoms with E-state index in [2.05, 4.69) is 5.32 Å². The average Bonchev–Trinajstić information content (AvgIpc) is 3.22. The number of methoxy groups -OCH3 is 2. The van der Waals surface area contributed by atoms with E-state index in [4.69, 9.17) is 15.2 Å². The summed E-state index contributed by atoms with van der Waals surface area (Å²) in [6, 6.07) is 13.8. The summed E-state index contributed by atoms with van der Waals surface area (Å²) in [7, 11) is 3.22. The van der Waals surface area contributed by atoms with Crippen LogP contribution in [0.25, 0.3) is 0 Å². The Hall–Kier alpha value is -3.22. The number of amides is 3. The fourth-order valence-corrected chi connectivity index (χ4v) is 3.88. The Morgan fingerprint density at radius 1 is 1.17 bits per heavy atom. The van der Waals surface area contributed by atoms with Crippen molar-refractivity contribution in [2.45, 2.75) is 31.3 Å². The normalized spacial score (nSPS) is 16.9. The minimum atomic E-state index is -0.651. The van der Waals surface area contributed by atoms with Gasteiger partial charge in [0.2, 0.25) is 5.91 Å². The van der Waals surface area contributed by atoms with Crippen molar-refractivity contribution in [2.24, 2.45) is 5.73 Å². The topological polar surface area (TPSA) is 93.9 Å². The van der Waals surface area contributed by atoms with Gasteiger partial charge in [-0.3, -0.25) is 4.79 Å². The number of rotatable bonds is 7. The maximum absolute atomic E-state index is 13.2. The van der Waals surface area contributed by atoms with Crippen LogP contribution in [0.15, 0.2) is 48.5 Å². The number of primary amides is 1. The lowest BCUT2D eigenvalue weighted by Crippen LogP contribution is -2.38. The highest BCUT2D eigenvalue weighted by Crippen LogP contribution is 2.39. The van der Waals surface area contributed by atoms with Crippen LogP contribution in [-0.2, 0) is 4.79 Å². The lowest BCUT2D eigenvalue weighted by Gasteiger charge is -2.28. The quantitative estimate of drug-likeness (QED) is 0.750. The maximum atomic E-state index is 13.2. The van der Waals surface area contributed by atoms with Gasteiger partial charge in [-0.25, -0.2) is 4.79 Å². The van der Waals surface area contributed by atoms with E-state index in [1.54, 1.807) is 14.2 Å². The van der Waals surface area contributed by atoms with Crippen LogP contribution in [0.2, 0.25) is 0 Å². The SMILES string of the molecule is COc1ccc(C2CCCN2C(=O)CC(NC(N)=O)c2ccccc2)c(OC)c1. The number of ether oxygens (including phenoxy) is 2. The maximum Gasteiger partial charge on any atom is 0.312 e. The van der Waals surface area contributed by atoms with Crippen molar-refractivity contribution in [2.75, 3.05) is 20.8 Å². The largest absolute Gasteiger partial charge is 0.497 e. The number of carbonyl (C=O) groups excluding carboxylic acids is 2. The summed E-state index contributed by atoms with van der Waals surface area (Å²) in [6.45, 7) is 0.663. The molecule has 0 bridgehead atoms. The molecule has 7 heteroatoms. The molecule has 3 rings (SSSR count). The zero-order valence-electron chi connectivity index (χ0n) is 16.8. The number of nitrogens with zero attached hydrogens (tertiary/aromatic N) is 1. The van der Waals surface area contributed by atoms with E-state index < -0.39 is 12.1 Å². The third-order valence-electron chi connectivity index (χ3n) is 5.27. The van der Waals surface area contributed by atoms with Gasteiger partial charge in [-0.05, 0) is 30.5 Å². The Bertz CT molecular complexity index is 856. The molecule has 1 saturated heterocycles. The Balaban J connectivity index is 1.81. The molecule has 1 aliphatic rings. The Labute approximate surface area is 170 Å². The molecule has 0 aromatic heterocycles. The van der Waals surface area contributed by atoms with Gasteiger partial charge < -0.3 is 25.4 Å². The van der Waals surface area contributed by atoms with Gasteiger partial charge in [0.15, 0.2) is 0 Å². The summed E-state index contributed by atoms with van der Waals surface area (Å²) in [4.78, 5) is 26.5. The van der Waals surface area contributed by atoms with Crippen molar-refractivity contribution in [3.8, 4) is 11.5 Å². The van der Waals surface area contributed by atoms with Gasteiger partial charge in [0.1, 0.15) is 11.5 Å². The number of nitrogens with one attached hydrogen (secondary N) is 1. The predicted octanol–water partition coefficient (Wildman–Crippen LogP) is 3.17. The summed E-state index contributed by atoms with van der Waals surface area (Å²) < 4.78 is 10.8. The van der Waals surface area contributed by atoms with Crippen molar-refractivity contribution in [1.29, 1.82) is 0 Å². The molecular weight excluding hydrogens is 370 g/mol. The summed E-state index contributed by atoms with van der Waals surface area (Å²) in [5.41, 5.74) is 7.14. The van der Waals surface area contributed by atoms with Crippen LogP contribution >= 0.6 is 0 Å². The minimum Gasteiger partial charge on any atom is -0.497 e. The van der Waals surface area contributed by atoms with E-state index in [-0.39, 0.29) is 18.4 Å². The van der Waals surface area contributed by atoms with Gasteiger partial charge >= 0.3 is 6.03 Å². The van der Waals surface area contributed by atoms with Gasteiger partial charge in [-0.1, -0.05) is 30.3 Å². The Kier molecular flexibility index (Phi) is 6.59. The highest BCUT2D eigenvalue weighted by atomic mass is 16.5. The van der Waals surface area contributed by atoms with Gasteiger partial charge in [-0.2, -0.15) is 0 Å². The fourth-order valence-electron chi connectivity index (χ4n) is 3.88. The van der Waals surface area contributed by atoms with Gasteiger partial charge in [0.25, 0.3) is 0 Å². The Morgan fingerprint density at radius 2 is 1.93 bits per heavy atom. The molecule has 2 aromatic carbocycles. The van der Waals surface area contributed by atoms with Crippen molar-refractivity contribution >= 4 is 11.9 Å². The molecule has 154 valence electrons. The minimum absolute atomic E-state index is 0.0343. The molecule has 1 aliphatic heterocycles. The molecular formula is C22H27N3O4. The number of carbonyl (C=O) groups is 2. The number of urea groups is 1. The molecule has 2 unspecified atom stereocenters. The highest BCUT2D eigenvalue weighted by molar-refractivity contribution is 5.79. The zero-order chi connectivity index (χ0) is 20.8. The van der Waals surface area contributed by atoms with Gasteiger partial charge in [0, 0.05) is 18.2 Å². The summed E-state index contributed by atoms with van der Waals surface area (Å²) in [5, 5.41) is 2.69. The van der Waals surface area contributed by atoms with E-state index in [0.29, 0.717) is 18.0 Å². The number of benzene rings is 2. The molecule has 0 radical (unpaired) electrons. The van der Waals surface area contributed by atoms with Crippen molar-refractivity contribution in [3.05, 3.63) is 59.7 Å². The molecule has 3 amide bonds. The lowest BCUT2D eigenvalue weighted by molar-refractivity contribution is -0.132. The number of likely N-dealkylation sites (tertiary alicyclic amines) is 1. The first-order valence-corrected chi connectivity index (χ1v) is 9.65. The van der Waals surface area contributed by atoms with Gasteiger partial charge in [0.05, 0.1) is 32.7 Å². The van der Waals surface area contributed by atoms with E-state index in [1.165, 1.54) is 0 Å². The molecule has 3 N–H and O–H groups in total. The summed E-state index contributed by atoms with van der Waals surface area (Å²) >= 11 is 0. The number of nitrogens with two attached hydrogens (primary N) is 1. The van der Waals surface area contributed by atoms with Gasteiger partial charge in [-0.15, -0.1) is 0 Å². The van der Waals surface area contributed by atoms with E-state index in [0.717, 1.165) is 24.0 Å². The number of hydrogen-bond donors (Lipinski definition) is 2. The number of hydrogen-bond acceptors (Lipinski definition) is 4. The van der Waals surface area contributed by atoms with Crippen LogP contribution < -0.4 is 20.5 Å². The first-order chi connectivity index (χ1) is 14.0. The van der Waals surface area contributed by atoms with E-state index >= 15 is 0 Å². The van der Waals surface area contributed by atoms with E-state index in [9.17, 15) is 9.59 Å². The molecule has 2 aromatic rings. The summed E-state index contributed by atoms with van der Waals surface area (Å²) in [5.74, 6) is 1.37. The standard InChI is InChI=1S/C22H27N3O4/c1-28-16-10-11-17(20(13-16)29-2)19-9-6-12-25(19)21(26)14-18(24-22(23)27)15-7-4-3-5-8-15/h3-5,7-8,10-11,13,18-19H,6,9,12,14H2,1-2H3,(H3,23,24,27). The van der Waals surface area contributed by atoms with Crippen molar-refractivity contribution in [3.63, 3.8) is 0 Å². The fraction of sp³-hybridized carbons (Fsp3) is 0.364. The molecule has 2 atom stereocenters. The van der Waals surface area contributed by atoms with Crippen LogP contribution in [-0.4, -0.2) is 37.6 Å². The van der Waals surface area contributed by atoms with Crippen LogP contribution in [0.5, 0.6) is 11.5 Å². The van der Waals surface area contributed by atoms with Crippen LogP contribution in [0.1, 0.15) is 42.5 Å². The second-order valence-corrected chi connectivity index (χ2v) is 7.03. The average molecular weight is 397 g/mol. The third-order valence-corrected chi connectivity index (χ3v) is 5.27. The van der Waals surface area contributed by atoms with Crippen LogP contribution in [0, 0.1) is 0 Å². The first kappa shape index (κ1) is 20.5. The predicted molar refractivity (Wildman–Crippen MR) is 110 cm³/mol. The molecule has 0 spiro atoms. The molecule has 29 heavy (non-hydrogen) atoms. The lowest BCUT2D eigenvalue weighted by atomic mass is 10.0. The van der Waals surface area contributed by atoms with Crippen molar-refractivity contribution in [1.82, 2.24) is 10.2 Å². The second-order valence-electron chi connectivity index (χ2n) is 7.03. The second kappa shape index (κ2) is 9.32. The first-order valence-electron chi connectivity index (χ1n) is 9.65. The third kappa shape index (κ3) is 4.80. The van der Waals surface area contributed by atoms with E-state index in [1.807, 2.05) is 53.4 Å². The monoisotopic (exact) mass is 397 g/mol. The summed E-state index contributed by atoms with van der Waals surface area (Å²) in [6.07, 6.45) is 1.90. The molecule has 1 fully saturated rings. The van der Waals surface area contributed by atoms with Crippen molar-refractivity contribution < 1.29 is 19.1 Å². The molecule has 7 nitrogen and oxygen atoms in total. The van der Waals surface area contributed by atoms with Crippen LogP contribution in [0.3, 0.4) is 0 Å². The highest BCUT2D eigenvalue weighted by Gasteiger charge is 2.33. The van der Waals surface area contributed by atoms with Crippen LogP contribution in [0.4, 0.5) is 4.79 Å². The molecule has 0 aliphatic carbocycles. The Morgan fingerprint density at radius 3 is 2.59 bits per heavy atom. The smallest absolute Gasteiger partial charge is 0.312 e. The molecule has 1 heterocycles. The molecule has 0 saturated carbocycles. The zero-order valence-corrected chi connectivity index (χ0v) is 16.8.